The van der Waals surface area contributed by atoms with Crippen LogP contribution < -0.4 is 24.8 Å². The molecule has 4 rings (SSSR count). The van der Waals surface area contributed by atoms with Crippen molar-refractivity contribution >= 4 is 5.91 Å². The first kappa shape index (κ1) is 14.8. The van der Waals surface area contributed by atoms with Gasteiger partial charge in [-0.2, -0.15) is 5.10 Å². The first-order chi connectivity index (χ1) is 11.8. The number of fused-ring (bicyclic) bond motifs is 2. The van der Waals surface area contributed by atoms with Crippen molar-refractivity contribution < 1.29 is 19.0 Å². The summed E-state index contributed by atoms with van der Waals surface area (Å²) < 4.78 is 16.2. The minimum Gasteiger partial charge on any atom is -0.492 e. The normalized spacial score (nSPS) is 15.0. The number of aromatic nitrogens is 2. The van der Waals surface area contributed by atoms with Crippen LogP contribution in [-0.4, -0.2) is 42.6 Å². The Morgan fingerprint density at radius 3 is 3.21 bits per heavy atom. The summed E-state index contributed by atoms with van der Waals surface area (Å²) in [5, 5.41) is 13.1. The molecule has 24 heavy (non-hydrogen) atoms. The molecule has 8 heteroatoms. The Bertz CT molecular complexity index is 759. The lowest BCUT2D eigenvalue weighted by Crippen LogP contribution is -2.31. The number of aromatic amines is 1. The quantitative estimate of drug-likeness (QED) is 0.694. The van der Waals surface area contributed by atoms with Crippen molar-refractivity contribution in [3.05, 3.63) is 35.2 Å². The number of H-pyrrole nitrogens is 1. The van der Waals surface area contributed by atoms with Crippen LogP contribution in [0.15, 0.2) is 18.2 Å². The molecule has 1 aromatic heterocycles. The Morgan fingerprint density at radius 2 is 2.25 bits per heavy atom. The van der Waals surface area contributed by atoms with Gasteiger partial charge in [-0.3, -0.25) is 9.89 Å². The van der Waals surface area contributed by atoms with Gasteiger partial charge >= 0.3 is 0 Å². The van der Waals surface area contributed by atoms with Crippen molar-refractivity contribution in [2.75, 3.05) is 26.5 Å². The Balaban J connectivity index is 1.28. The Labute approximate surface area is 138 Å². The van der Waals surface area contributed by atoms with Gasteiger partial charge in [-0.05, 0) is 12.1 Å². The fraction of sp³-hybridized carbons (Fsp3) is 0.375. The summed E-state index contributed by atoms with van der Waals surface area (Å²) in [5.41, 5.74) is 2.45. The zero-order valence-corrected chi connectivity index (χ0v) is 13.1. The van der Waals surface area contributed by atoms with E-state index in [-0.39, 0.29) is 12.7 Å². The van der Waals surface area contributed by atoms with Crippen molar-refractivity contribution in [2.24, 2.45) is 0 Å². The van der Waals surface area contributed by atoms with E-state index in [0.717, 1.165) is 24.2 Å². The highest BCUT2D eigenvalue weighted by molar-refractivity contribution is 5.94. The molecule has 1 aromatic carbocycles. The van der Waals surface area contributed by atoms with Crippen LogP contribution in [-0.2, 0) is 13.0 Å². The molecule has 0 saturated carbocycles. The third-order valence-corrected chi connectivity index (χ3v) is 4.02. The number of carbonyl (C=O) groups excluding carboxylic acids is 1. The smallest absolute Gasteiger partial charge is 0.272 e. The molecule has 3 N–H and O–H groups in total. The van der Waals surface area contributed by atoms with Gasteiger partial charge in [0, 0.05) is 36.8 Å². The number of nitrogens with one attached hydrogen (secondary N) is 3. The van der Waals surface area contributed by atoms with Gasteiger partial charge in [0.15, 0.2) is 17.2 Å². The van der Waals surface area contributed by atoms with Crippen molar-refractivity contribution in [1.29, 1.82) is 0 Å². The standard InChI is InChI=1S/C16H18N4O4/c21-16(15-11-8-17-4-3-12(11)19-20-15)18-5-6-22-10-1-2-13-14(7-10)24-9-23-13/h1-2,7,17H,3-6,8-9H2,(H,18,21)(H,19,20). The third kappa shape index (κ3) is 2.88. The summed E-state index contributed by atoms with van der Waals surface area (Å²) >= 11 is 0. The molecule has 2 aliphatic rings. The summed E-state index contributed by atoms with van der Waals surface area (Å²) in [5.74, 6) is 1.88. The molecule has 0 bridgehead atoms. The molecule has 2 aliphatic heterocycles. The van der Waals surface area contributed by atoms with Gasteiger partial charge in [-0.1, -0.05) is 0 Å². The van der Waals surface area contributed by atoms with E-state index >= 15 is 0 Å². The van der Waals surface area contributed by atoms with Crippen molar-refractivity contribution in [1.82, 2.24) is 20.8 Å². The SMILES string of the molecule is O=C(NCCOc1ccc2c(c1)OCO2)c1n[nH]c2c1CNCC2. The molecule has 8 nitrogen and oxygen atoms in total. The monoisotopic (exact) mass is 330 g/mol. The second-order valence-corrected chi connectivity index (χ2v) is 5.58. The van der Waals surface area contributed by atoms with Gasteiger partial charge < -0.3 is 24.8 Å². The number of carbonyl (C=O) groups is 1. The molecule has 0 fully saturated rings. The molecule has 0 radical (unpaired) electrons. The molecular formula is C16H18N4O4. The average molecular weight is 330 g/mol. The second kappa shape index (κ2) is 6.40. The third-order valence-electron chi connectivity index (χ3n) is 4.02. The molecule has 0 aliphatic carbocycles. The van der Waals surface area contributed by atoms with Crippen LogP contribution in [0.3, 0.4) is 0 Å². The highest BCUT2D eigenvalue weighted by atomic mass is 16.7. The number of amides is 1. The van der Waals surface area contributed by atoms with E-state index in [1.165, 1.54) is 0 Å². The van der Waals surface area contributed by atoms with E-state index in [4.69, 9.17) is 14.2 Å². The summed E-state index contributed by atoms with van der Waals surface area (Å²) in [7, 11) is 0. The fourth-order valence-electron chi connectivity index (χ4n) is 2.80. The summed E-state index contributed by atoms with van der Waals surface area (Å²) in [4.78, 5) is 12.2. The number of hydrogen-bond acceptors (Lipinski definition) is 6. The van der Waals surface area contributed by atoms with Crippen LogP contribution in [0.1, 0.15) is 21.7 Å². The zero-order valence-electron chi connectivity index (χ0n) is 13.1. The van der Waals surface area contributed by atoms with E-state index in [9.17, 15) is 4.79 Å². The van der Waals surface area contributed by atoms with Crippen LogP contribution in [0.2, 0.25) is 0 Å². The molecule has 0 spiro atoms. The fourth-order valence-corrected chi connectivity index (χ4v) is 2.80. The van der Waals surface area contributed by atoms with E-state index in [0.29, 0.717) is 42.6 Å². The maximum Gasteiger partial charge on any atom is 0.272 e. The zero-order chi connectivity index (χ0) is 16.4. The Kier molecular flexibility index (Phi) is 3.96. The molecule has 0 saturated heterocycles. The lowest BCUT2D eigenvalue weighted by atomic mass is 10.1. The minimum atomic E-state index is -0.189. The van der Waals surface area contributed by atoms with E-state index in [1.807, 2.05) is 6.07 Å². The number of rotatable bonds is 5. The lowest BCUT2D eigenvalue weighted by Gasteiger charge is -2.13. The summed E-state index contributed by atoms with van der Waals surface area (Å²) in [6.45, 7) is 2.55. The van der Waals surface area contributed by atoms with Gasteiger partial charge in [0.1, 0.15) is 12.4 Å². The van der Waals surface area contributed by atoms with Gasteiger partial charge in [-0.15, -0.1) is 0 Å². The van der Waals surface area contributed by atoms with Crippen LogP contribution in [0, 0.1) is 0 Å². The van der Waals surface area contributed by atoms with Crippen molar-refractivity contribution in [3.63, 3.8) is 0 Å². The van der Waals surface area contributed by atoms with Crippen LogP contribution in [0.25, 0.3) is 0 Å². The molecule has 0 unspecified atom stereocenters. The van der Waals surface area contributed by atoms with Gasteiger partial charge in [0.2, 0.25) is 6.79 Å². The number of hydrogen-bond donors (Lipinski definition) is 3. The lowest BCUT2D eigenvalue weighted by molar-refractivity contribution is 0.0940. The summed E-state index contributed by atoms with van der Waals surface area (Å²) in [6, 6.07) is 5.39. The van der Waals surface area contributed by atoms with Gasteiger partial charge in [0.25, 0.3) is 5.91 Å². The maximum absolute atomic E-state index is 12.2. The van der Waals surface area contributed by atoms with E-state index < -0.39 is 0 Å². The topological polar surface area (TPSA) is 97.5 Å². The first-order valence-electron chi connectivity index (χ1n) is 7.89. The first-order valence-corrected chi connectivity index (χ1v) is 7.89. The molecule has 126 valence electrons. The Morgan fingerprint density at radius 1 is 1.33 bits per heavy atom. The Hall–Kier alpha value is -2.74. The van der Waals surface area contributed by atoms with E-state index in [1.54, 1.807) is 12.1 Å². The maximum atomic E-state index is 12.2. The van der Waals surface area contributed by atoms with Crippen LogP contribution >= 0.6 is 0 Å². The molecule has 1 amide bonds. The average Bonchev–Trinajstić information content (AvgIpc) is 3.24. The predicted octanol–water partition coefficient (Wildman–Crippen LogP) is 0.593. The second-order valence-electron chi connectivity index (χ2n) is 5.58. The number of ether oxygens (including phenoxy) is 3. The minimum absolute atomic E-state index is 0.189. The predicted molar refractivity (Wildman–Crippen MR) is 84.4 cm³/mol. The van der Waals surface area contributed by atoms with E-state index in [2.05, 4.69) is 20.8 Å². The van der Waals surface area contributed by atoms with Gasteiger partial charge in [-0.25, -0.2) is 0 Å². The number of nitrogens with zero attached hydrogens (tertiary/aromatic N) is 1. The molecule has 3 heterocycles. The largest absolute Gasteiger partial charge is 0.492 e. The number of benzene rings is 1. The highest BCUT2D eigenvalue weighted by Crippen LogP contribution is 2.34. The van der Waals surface area contributed by atoms with Crippen molar-refractivity contribution in [3.8, 4) is 17.2 Å². The van der Waals surface area contributed by atoms with Crippen LogP contribution in [0.4, 0.5) is 0 Å². The molecule has 2 aromatic rings. The summed E-state index contributed by atoms with van der Waals surface area (Å²) in [6.07, 6.45) is 0.864. The highest BCUT2D eigenvalue weighted by Gasteiger charge is 2.21. The van der Waals surface area contributed by atoms with Crippen LogP contribution in [0.5, 0.6) is 17.2 Å². The molecule has 0 atom stereocenters. The van der Waals surface area contributed by atoms with Gasteiger partial charge in [0.05, 0.1) is 6.54 Å². The molecular weight excluding hydrogens is 312 g/mol. The van der Waals surface area contributed by atoms with Crippen molar-refractivity contribution in [2.45, 2.75) is 13.0 Å².